The fourth-order valence-electron chi connectivity index (χ4n) is 3.93. The summed E-state index contributed by atoms with van der Waals surface area (Å²) in [5.41, 5.74) is 2.34. The molecule has 0 saturated carbocycles. The van der Waals surface area contributed by atoms with Crippen LogP contribution in [-0.2, 0) is 16.1 Å². The van der Waals surface area contributed by atoms with Gasteiger partial charge in [0.05, 0.1) is 24.5 Å². The number of aryl methyl sites for hydroxylation is 1. The van der Waals surface area contributed by atoms with Gasteiger partial charge < -0.3 is 15.0 Å². The van der Waals surface area contributed by atoms with Crippen molar-refractivity contribution in [3.63, 3.8) is 0 Å². The normalized spacial score (nSPS) is 19.6. The first-order chi connectivity index (χ1) is 14.9. The molecule has 7 nitrogen and oxygen atoms in total. The maximum Gasteiger partial charge on any atom is 0.414 e. The molecule has 2 aliphatic rings. The molecule has 9 heteroatoms. The lowest BCUT2D eigenvalue weighted by Crippen LogP contribution is -2.46. The van der Waals surface area contributed by atoms with Gasteiger partial charge in [0.25, 0.3) is 0 Å². The van der Waals surface area contributed by atoms with Gasteiger partial charge >= 0.3 is 6.09 Å². The van der Waals surface area contributed by atoms with Gasteiger partial charge in [-0.2, -0.15) is 0 Å². The smallest absolute Gasteiger partial charge is 0.414 e. The number of hydrogen-bond donors (Lipinski definition) is 1. The first-order valence-corrected chi connectivity index (χ1v) is 11.3. The number of benzene rings is 1. The van der Waals surface area contributed by atoms with Crippen LogP contribution >= 0.6 is 11.3 Å². The number of nitrogens with zero attached hydrogens (tertiary/aromatic N) is 3. The molecule has 1 aromatic heterocycles. The second-order valence-corrected chi connectivity index (χ2v) is 8.98. The third-order valence-electron chi connectivity index (χ3n) is 5.74. The summed E-state index contributed by atoms with van der Waals surface area (Å²) < 4.78 is 20.2. The zero-order valence-electron chi connectivity index (χ0n) is 17.8. The average molecular weight is 447 g/mol. The zero-order valence-corrected chi connectivity index (χ0v) is 18.6. The van der Waals surface area contributed by atoms with Crippen LogP contribution in [-0.4, -0.2) is 62.3 Å². The second kappa shape index (κ2) is 9.23. The number of amides is 2. The highest BCUT2D eigenvalue weighted by atomic mass is 32.1. The van der Waals surface area contributed by atoms with Crippen LogP contribution in [0.5, 0.6) is 0 Å². The highest BCUT2D eigenvalue weighted by Gasteiger charge is 2.33. The van der Waals surface area contributed by atoms with Gasteiger partial charge in [-0.25, -0.2) is 9.18 Å². The van der Waals surface area contributed by atoms with E-state index in [1.807, 2.05) is 0 Å². The molecular weight excluding hydrogens is 419 g/mol. The van der Waals surface area contributed by atoms with E-state index in [1.54, 1.807) is 23.5 Å². The fourth-order valence-corrected chi connectivity index (χ4v) is 4.88. The lowest BCUT2D eigenvalue weighted by atomic mass is 10.2. The summed E-state index contributed by atoms with van der Waals surface area (Å²) in [5.74, 6) is -0.534. The standard InChI is InChI=1S/C22H27FN4O3S/c1-15-5-10-31-21(15)14-25-6-8-26(9-7-25)20-4-3-17(11-19(20)23)27-13-18(30-22(27)29)12-24-16(2)28/h3-5,10-11,18H,6-9,12-14H2,1-2H3,(H,24,28)/t18-/m0/s1. The molecule has 1 aromatic carbocycles. The van der Waals surface area contributed by atoms with Crippen molar-refractivity contribution in [2.75, 3.05) is 49.1 Å². The molecule has 3 heterocycles. The Balaban J connectivity index is 1.35. The minimum absolute atomic E-state index is 0.185. The molecule has 0 radical (unpaired) electrons. The molecule has 2 fully saturated rings. The summed E-state index contributed by atoms with van der Waals surface area (Å²) in [6.07, 6.45) is -0.973. The quantitative estimate of drug-likeness (QED) is 0.739. The van der Waals surface area contributed by atoms with Gasteiger partial charge in [-0.3, -0.25) is 14.6 Å². The Labute approximate surface area is 185 Å². The van der Waals surface area contributed by atoms with E-state index in [1.165, 1.54) is 28.3 Å². The molecule has 166 valence electrons. The Bertz CT molecular complexity index is 958. The number of cyclic esters (lactones) is 1. The van der Waals surface area contributed by atoms with Crippen LogP contribution in [0.1, 0.15) is 17.4 Å². The molecule has 1 atom stereocenters. The van der Waals surface area contributed by atoms with Crippen molar-refractivity contribution in [1.82, 2.24) is 10.2 Å². The van der Waals surface area contributed by atoms with Crippen molar-refractivity contribution in [3.05, 3.63) is 45.9 Å². The number of nitrogens with one attached hydrogen (secondary N) is 1. The number of hydrogen-bond acceptors (Lipinski definition) is 6. The lowest BCUT2D eigenvalue weighted by molar-refractivity contribution is -0.119. The molecule has 2 aliphatic heterocycles. The number of ether oxygens (including phenoxy) is 1. The third-order valence-corrected chi connectivity index (χ3v) is 6.75. The van der Waals surface area contributed by atoms with Crippen LogP contribution in [0.25, 0.3) is 0 Å². The molecule has 31 heavy (non-hydrogen) atoms. The van der Waals surface area contributed by atoms with Crippen LogP contribution < -0.4 is 15.1 Å². The minimum Gasteiger partial charge on any atom is -0.442 e. The van der Waals surface area contributed by atoms with E-state index in [0.29, 0.717) is 11.4 Å². The third kappa shape index (κ3) is 4.99. The molecule has 2 amide bonds. The monoisotopic (exact) mass is 446 g/mol. The number of carbonyl (C=O) groups excluding carboxylic acids is 2. The number of carbonyl (C=O) groups is 2. The first-order valence-electron chi connectivity index (χ1n) is 10.4. The maximum atomic E-state index is 14.9. The largest absolute Gasteiger partial charge is 0.442 e. The molecule has 0 unspecified atom stereocenters. The van der Waals surface area contributed by atoms with E-state index >= 15 is 0 Å². The summed E-state index contributed by atoms with van der Waals surface area (Å²) in [6.45, 7) is 8.27. The van der Waals surface area contributed by atoms with Crippen LogP contribution in [0.2, 0.25) is 0 Å². The number of halogens is 1. The van der Waals surface area contributed by atoms with E-state index < -0.39 is 12.2 Å². The molecular formula is C22H27FN4O3S. The van der Waals surface area contributed by atoms with Crippen LogP contribution in [0, 0.1) is 12.7 Å². The predicted molar refractivity (Wildman–Crippen MR) is 119 cm³/mol. The minimum atomic E-state index is -0.528. The van der Waals surface area contributed by atoms with Crippen molar-refractivity contribution in [2.24, 2.45) is 0 Å². The SMILES string of the molecule is CC(=O)NC[C@H]1CN(c2ccc(N3CCN(Cc4sccc4C)CC3)c(F)c2)C(=O)O1. The van der Waals surface area contributed by atoms with Crippen LogP contribution in [0.4, 0.5) is 20.6 Å². The molecule has 2 saturated heterocycles. The molecule has 0 bridgehead atoms. The maximum absolute atomic E-state index is 14.9. The highest BCUT2D eigenvalue weighted by Crippen LogP contribution is 2.29. The van der Waals surface area contributed by atoms with Gasteiger partial charge in [0, 0.05) is 44.5 Å². The molecule has 0 spiro atoms. The molecule has 2 aromatic rings. The molecule has 4 rings (SSSR count). The van der Waals surface area contributed by atoms with Gasteiger partial charge in [0.1, 0.15) is 11.9 Å². The number of rotatable bonds is 6. The zero-order chi connectivity index (χ0) is 22.0. The van der Waals surface area contributed by atoms with E-state index in [0.717, 1.165) is 32.7 Å². The Morgan fingerprint density at radius 2 is 2.03 bits per heavy atom. The first kappa shape index (κ1) is 21.6. The van der Waals surface area contributed by atoms with E-state index in [-0.39, 0.29) is 24.8 Å². The van der Waals surface area contributed by atoms with Gasteiger partial charge in [-0.05, 0) is 42.1 Å². The van der Waals surface area contributed by atoms with Gasteiger partial charge in [0.15, 0.2) is 0 Å². The van der Waals surface area contributed by atoms with Crippen molar-refractivity contribution < 1.29 is 18.7 Å². The summed E-state index contributed by atoms with van der Waals surface area (Å²) in [7, 11) is 0. The Morgan fingerprint density at radius 1 is 1.26 bits per heavy atom. The molecule has 1 N–H and O–H groups in total. The Kier molecular flexibility index (Phi) is 6.43. The Hall–Kier alpha value is -2.65. The number of anilines is 2. The topological polar surface area (TPSA) is 65.1 Å². The highest BCUT2D eigenvalue weighted by molar-refractivity contribution is 7.10. The predicted octanol–water partition coefficient (Wildman–Crippen LogP) is 2.98. The van der Waals surface area contributed by atoms with E-state index in [2.05, 4.69) is 33.5 Å². The molecule has 0 aliphatic carbocycles. The average Bonchev–Trinajstić information content (AvgIpc) is 3.32. The van der Waals surface area contributed by atoms with Crippen LogP contribution in [0.3, 0.4) is 0 Å². The summed E-state index contributed by atoms with van der Waals surface area (Å²) in [4.78, 5) is 30.5. The lowest BCUT2D eigenvalue weighted by Gasteiger charge is -2.36. The number of piperazine rings is 1. The van der Waals surface area contributed by atoms with Crippen LogP contribution in [0.15, 0.2) is 29.6 Å². The van der Waals surface area contributed by atoms with Crippen molar-refractivity contribution in [2.45, 2.75) is 26.5 Å². The van der Waals surface area contributed by atoms with Gasteiger partial charge in [0.2, 0.25) is 5.91 Å². The van der Waals surface area contributed by atoms with E-state index in [9.17, 15) is 14.0 Å². The van der Waals surface area contributed by atoms with E-state index in [4.69, 9.17) is 4.74 Å². The Morgan fingerprint density at radius 3 is 2.68 bits per heavy atom. The number of thiophene rings is 1. The van der Waals surface area contributed by atoms with Gasteiger partial charge in [-0.1, -0.05) is 0 Å². The van der Waals surface area contributed by atoms with Crippen molar-refractivity contribution in [3.8, 4) is 0 Å². The van der Waals surface area contributed by atoms with Crippen molar-refractivity contribution >= 4 is 34.7 Å². The summed E-state index contributed by atoms with van der Waals surface area (Å²) in [6, 6.07) is 7.02. The fraction of sp³-hybridized carbons (Fsp3) is 0.455. The van der Waals surface area contributed by atoms with Crippen molar-refractivity contribution in [1.29, 1.82) is 0 Å². The van der Waals surface area contributed by atoms with Gasteiger partial charge in [-0.15, -0.1) is 11.3 Å². The second-order valence-electron chi connectivity index (χ2n) is 7.98. The summed E-state index contributed by atoms with van der Waals surface area (Å²) >= 11 is 1.78. The summed E-state index contributed by atoms with van der Waals surface area (Å²) in [5, 5.41) is 4.76.